The third kappa shape index (κ3) is 2.27. The van der Waals surface area contributed by atoms with Gasteiger partial charge in [0.25, 0.3) is 0 Å². The van der Waals surface area contributed by atoms with Gasteiger partial charge in [-0.15, -0.1) is 0 Å². The van der Waals surface area contributed by atoms with E-state index in [0.29, 0.717) is 19.5 Å². The maximum Gasteiger partial charge on any atom is 0.225 e. The van der Waals surface area contributed by atoms with Crippen molar-refractivity contribution in [2.75, 3.05) is 6.54 Å². The fourth-order valence-electron chi connectivity index (χ4n) is 2.31. The maximum absolute atomic E-state index is 11.9. The zero-order valence-electron chi connectivity index (χ0n) is 11.3. The van der Waals surface area contributed by atoms with Crippen LogP contribution in [0.15, 0.2) is 6.20 Å². The van der Waals surface area contributed by atoms with Crippen molar-refractivity contribution in [1.82, 2.24) is 14.5 Å². The van der Waals surface area contributed by atoms with Crippen LogP contribution in [0.2, 0.25) is 0 Å². The molecule has 1 amide bonds. The summed E-state index contributed by atoms with van der Waals surface area (Å²) in [6.45, 7) is 7.74. The van der Waals surface area contributed by atoms with E-state index in [0.717, 1.165) is 18.1 Å². The average Bonchev–Trinajstić information content (AvgIpc) is 2.79. The second-order valence-corrected chi connectivity index (χ2v) is 5.09. The summed E-state index contributed by atoms with van der Waals surface area (Å²) in [4.78, 5) is 18.1. The van der Waals surface area contributed by atoms with Crippen molar-refractivity contribution in [2.24, 2.45) is 5.92 Å². The van der Waals surface area contributed by atoms with Gasteiger partial charge in [0, 0.05) is 19.0 Å². The van der Waals surface area contributed by atoms with Gasteiger partial charge in [0.2, 0.25) is 5.91 Å². The lowest BCUT2D eigenvalue weighted by Gasteiger charge is -2.30. The highest BCUT2D eigenvalue weighted by atomic mass is 16.3. The molecule has 18 heavy (non-hydrogen) atoms. The van der Waals surface area contributed by atoms with Crippen LogP contribution in [-0.4, -0.2) is 32.0 Å². The minimum Gasteiger partial charge on any atom is -0.387 e. The molecule has 0 radical (unpaired) electrons. The molecule has 0 saturated heterocycles. The minimum absolute atomic E-state index is 0.0206. The monoisotopic (exact) mass is 251 g/mol. The maximum atomic E-state index is 11.9. The first-order chi connectivity index (χ1) is 8.54. The average molecular weight is 251 g/mol. The van der Waals surface area contributed by atoms with Gasteiger partial charge in [-0.2, -0.15) is 0 Å². The molecule has 0 aliphatic carbocycles. The van der Waals surface area contributed by atoms with Crippen LogP contribution in [0.4, 0.5) is 0 Å². The summed E-state index contributed by atoms with van der Waals surface area (Å²) >= 11 is 0. The van der Waals surface area contributed by atoms with Gasteiger partial charge in [-0.05, 0) is 6.42 Å². The molecule has 1 N–H and O–H groups in total. The molecule has 5 heteroatoms. The first kappa shape index (κ1) is 13.1. The highest BCUT2D eigenvalue weighted by Crippen LogP contribution is 2.22. The van der Waals surface area contributed by atoms with Crippen molar-refractivity contribution in [2.45, 2.75) is 46.4 Å². The van der Waals surface area contributed by atoms with E-state index in [4.69, 9.17) is 0 Å². The standard InChI is InChI=1S/C13H21N3O2/c1-4-11(17)10-7-14-12-8-15(5-6-16(10)12)13(18)9(2)3/h7,9,11,17H,4-6,8H2,1-3H3. The molecule has 100 valence electrons. The smallest absolute Gasteiger partial charge is 0.225 e. The number of aromatic nitrogens is 2. The third-order valence-electron chi connectivity index (χ3n) is 3.43. The molecule has 2 heterocycles. The molecule has 1 aromatic heterocycles. The van der Waals surface area contributed by atoms with E-state index in [2.05, 4.69) is 4.98 Å². The molecule has 0 spiro atoms. The van der Waals surface area contributed by atoms with Gasteiger partial charge in [-0.25, -0.2) is 4.98 Å². The van der Waals surface area contributed by atoms with E-state index in [9.17, 15) is 9.90 Å². The zero-order chi connectivity index (χ0) is 13.3. The number of amides is 1. The van der Waals surface area contributed by atoms with Crippen molar-refractivity contribution < 1.29 is 9.90 Å². The number of hydrogen-bond donors (Lipinski definition) is 1. The van der Waals surface area contributed by atoms with Crippen LogP contribution in [0.25, 0.3) is 0 Å². The van der Waals surface area contributed by atoms with Crippen LogP contribution in [0.5, 0.6) is 0 Å². The Labute approximate surface area is 107 Å². The lowest BCUT2D eigenvalue weighted by atomic mass is 10.1. The van der Waals surface area contributed by atoms with Gasteiger partial charge in [-0.1, -0.05) is 20.8 Å². The van der Waals surface area contributed by atoms with Crippen LogP contribution >= 0.6 is 0 Å². The first-order valence-electron chi connectivity index (χ1n) is 6.55. The Morgan fingerprint density at radius 3 is 2.83 bits per heavy atom. The molecule has 5 nitrogen and oxygen atoms in total. The lowest BCUT2D eigenvalue weighted by molar-refractivity contribution is -0.136. The SMILES string of the molecule is CCC(O)c1cnc2n1CCN(C(=O)C(C)C)C2. The molecule has 1 aliphatic heterocycles. The predicted octanol–water partition coefficient (Wildman–Crippen LogP) is 1.32. The molecule has 0 aromatic carbocycles. The van der Waals surface area contributed by atoms with Crippen LogP contribution in [0.3, 0.4) is 0 Å². The number of aliphatic hydroxyl groups excluding tert-OH is 1. The van der Waals surface area contributed by atoms with Gasteiger partial charge in [0.1, 0.15) is 5.82 Å². The molecule has 1 atom stereocenters. The molecular formula is C13H21N3O2. The first-order valence-corrected chi connectivity index (χ1v) is 6.55. The Balaban J connectivity index is 2.17. The van der Waals surface area contributed by atoms with Gasteiger partial charge in [-0.3, -0.25) is 4.79 Å². The molecule has 0 saturated carbocycles. The number of rotatable bonds is 3. The molecule has 0 fully saturated rings. The van der Waals surface area contributed by atoms with Crippen LogP contribution in [-0.2, 0) is 17.9 Å². The number of carbonyl (C=O) groups is 1. The van der Waals surface area contributed by atoms with E-state index >= 15 is 0 Å². The number of imidazole rings is 1. The summed E-state index contributed by atoms with van der Waals surface area (Å²) in [6.07, 6.45) is 1.95. The van der Waals surface area contributed by atoms with E-state index in [1.54, 1.807) is 6.20 Å². The fraction of sp³-hybridized carbons (Fsp3) is 0.692. The molecule has 2 rings (SSSR count). The van der Waals surface area contributed by atoms with Crippen molar-refractivity contribution >= 4 is 5.91 Å². The number of hydrogen-bond acceptors (Lipinski definition) is 3. The van der Waals surface area contributed by atoms with Crippen molar-refractivity contribution in [1.29, 1.82) is 0 Å². The Kier molecular flexibility index (Phi) is 3.71. The Bertz CT molecular complexity index is 439. The molecule has 1 aromatic rings. The molecule has 1 aliphatic rings. The summed E-state index contributed by atoms with van der Waals surface area (Å²) in [6, 6.07) is 0. The highest BCUT2D eigenvalue weighted by molar-refractivity contribution is 5.78. The van der Waals surface area contributed by atoms with Crippen LogP contribution in [0, 0.1) is 5.92 Å². The topological polar surface area (TPSA) is 58.4 Å². The van der Waals surface area contributed by atoms with Crippen molar-refractivity contribution in [3.05, 3.63) is 17.7 Å². The Hall–Kier alpha value is -1.36. The quantitative estimate of drug-likeness (QED) is 0.881. The Morgan fingerprint density at radius 1 is 1.50 bits per heavy atom. The van der Waals surface area contributed by atoms with Crippen molar-refractivity contribution in [3.8, 4) is 0 Å². The summed E-state index contributed by atoms with van der Waals surface area (Å²) < 4.78 is 2.04. The number of carbonyl (C=O) groups excluding carboxylic acids is 1. The largest absolute Gasteiger partial charge is 0.387 e. The normalized spacial score (nSPS) is 16.8. The van der Waals surface area contributed by atoms with Crippen LogP contribution < -0.4 is 0 Å². The second kappa shape index (κ2) is 5.10. The predicted molar refractivity (Wildman–Crippen MR) is 67.7 cm³/mol. The minimum atomic E-state index is -0.460. The summed E-state index contributed by atoms with van der Waals surface area (Å²) in [7, 11) is 0. The van der Waals surface area contributed by atoms with Gasteiger partial charge < -0.3 is 14.6 Å². The summed E-state index contributed by atoms with van der Waals surface area (Å²) in [5.74, 6) is 1.06. The van der Waals surface area contributed by atoms with Crippen molar-refractivity contribution in [3.63, 3.8) is 0 Å². The van der Waals surface area contributed by atoms with E-state index < -0.39 is 6.10 Å². The molecule has 0 bridgehead atoms. The lowest BCUT2D eigenvalue weighted by Crippen LogP contribution is -2.40. The second-order valence-electron chi connectivity index (χ2n) is 5.09. The number of nitrogens with zero attached hydrogens (tertiary/aromatic N) is 3. The van der Waals surface area contributed by atoms with Crippen LogP contribution in [0.1, 0.15) is 44.8 Å². The Morgan fingerprint density at radius 2 is 2.22 bits per heavy atom. The highest BCUT2D eigenvalue weighted by Gasteiger charge is 2.26. The number of aliphatic hydroxyl groups is 1. The van der Waals surface area contributed by atoms with Gasteiger partial charge in [0.15, 0.2) is 0 Å². The van der Waals surface area contributed by atoms with Gasteiger partial charge >= 0.3 is 0 Å². The van der Waals surface area contributed by atoms with Gasteiger partial charge in [0.05, 0.1) is 24.5 Å². The number of fused-ring (bicyclic) bond motifs is 1. The zero-order valence-corrected chi connectivity index (χ0v) is 11.3. The summed E-state index contributed by atoms with van der Waals surface area (Å²) in [5, 5.41) is 9.90. The summed E-state index contributed by atoms with van der Waals surface area (Å²) in [5.41, 5.74) is 0.865. The third-order valence-corrected chi connectivity index (χ3v) is 3.43. The molecule has 1 unspecified atom stereocenters. The van der Waals surface area contributed by atoms with E-state index in [1.807, 2.05) is 30.2 Å². The molecular weight excluding hydrogens is 230 g/mol. The fourth-order valence-corrected chi connectivity index (χ4v) is 2.31. The van der Waals surface area contributed by atoms with E-state index in [-0.39, 0.29) is 11.8 Å². The van der Waals surface area contributed by atoms with E-state index in [1.165, 1.54) is 0 Å².